The summed E-state index contributed by atoms with van der Waals surface area (Å²) in [5.41, 5.74) is 2.42. The zero-order valence-electron chi connectivity index (χ0n) is 24.7. The minimum Gasteiger partial charge on any atom is -0.395 e. The summed E-state index contributed by atoms with van der Waals surface area (Å²) in [5.74, 6) is -0.952. The Balaban J connectivity index is 0.00000616. The normalized spacial score (nSPS) is 11.0. The van der Waals surface area contributed by atoms with E-state index in [1.165, 1.54) is 16.1 Å². The van der Waals surface area contributed by atoms with Crippen LogP contribution in [0.5, 0.6) is 0 Å². The molecule has 3 aromatic rings. The number of nitrogens with zero attached hydrogens (tertiary/aromatic N) is 5. The van der Waals surface area contributed by atoms with Crippen molar-refractivity contribution in [2.24, 2.45) is 0 Å². The highest BCUT2D eigenvalue weighted by Crippen LogP contribution is 2.24. The maximum absolute atomic E-state index is 13.4. The van der Waals surface area contributed by atoms with Crippen LogP contribution in [-0.2, 0) is 0 Å². The van der Waals surface area contributed by atoms with Crippen LogP contribution in [0.25, 0.3) is 0 Å². The third kappa shape index (κ3) is 8.59. The predicted octanol–water partition coefficient (Wildman–Crippen LogP) is 1.28. The van der Waals surface area contributed by atoms with Gasteiger partial charge in [-0.2, -0.15) is 0 Å². The first kappa shape index (κ1) is 34.4. The topological polar surface area (TPSA) is 167 Å². The molecule has 0 bridgehead atoms. The molecule has 0 aliphatic carbocycles. The van der Waals surface area contributed by atoms with Crippen molar-refractivity contribution in [2.45, 2.75) is 6.42 Å². The number of H-pyrrole nitrogens is 3. The van der Waals surface area contributed by atoms with Gasteiger partial charge in [0.1, 0.15) is 17.1 Å². The van der Waals surface area contributed by atoms with E-state index in [4.69, 9.17) is 5.11 Å². The molecule has 3 rings (SSSR count). The van der Waals surface area contributed by atoms with Gasteiger partial charge >= 0.3 is 0 Å². The highest BCUT2D eigenvalue weighted by Gasteiger charge is 2.26. The number of carbonyl (C=O) groups is 3. The number of aliphatic hydroxyl groups excluding tert-OH is 2. The van der Waals surface area contributed by atoms with E-state index in [1.807, 2.05) is 14.1 Å². The molecule has 0 aliphatic heterocycles. The lowest BCUT2D eigenvalue weighted by molar-refractivity contribution is 0.0784. The summed E-state index contributed by atoms with van der Waals surface area (Å²) in [5, 5.41) is 24.4. The number of carbonyl (C=O) groups excluding carboxylic acids is 3. The monoisotopic (exact) mass is 607 g/mol. The summed E-state index contributed by atoms with van der Waals surface area (Å²) < 4.78 is 0. The number of nitrogens with one attached hydrogen (secondary N) is 4. The van der Waals surface area contributed by atoms with Gasteiger partial charge in [-0.1, -0.05) is 0 Å². The Labute approximate surface area is 251 Å². The molecule has 3 amide bonds. The molecule has 0 radical (unpaired) electrons. The smallest absolute Gasteiger partial charge is 0.289 e. The van der Waals surface area contributed by atoms with Gasteiger partial charge in [0, 0.05) is 59.4 Å². The first-order chi connectivity index (χ1) is 19.6. The van der Waals surface area contributed by atoms with Crippen LogP contribution in [0.4, 0.5) is 17.1 Å². The second-order valence-electron chi connectivity index (χ2n) is 9.97. The number of aromatic amines is 3. The molecule has 232 valence electrons. The number of aliphatic hydroxyl groups is 2. The number of hydrogen-bond donors (Lipinski definition) is 6. The molecule has 0 atom stereocenters. The quantitative estimate of drug-likeness (QED) is 0.141. The molecule has 0 saturated carbocycles. The molecule has 0 spiro atoms. The van der Waals surface area contributed by atoms with Gasteiger partial charge in [-0.25, -0.2) is 10.0 Å². The first-order valence-electron chi connectivity index (χ1n) is 13.3. The molecule has 0 fully saturated rings. The van der Waals surface area contributed by atoms with Crippen LogP contribution in [0.1, 0.15) is 37.9 Å². The number of aromatic nitrogens is 3. The maximum Gasteiger partial charge on any atom is 0.289 e. The molecule has 42 heavy (non-hydrogen) atoms. The van der Waals surface area contributed by atoms with Crippen molar-refractivity contribution in [1.82, 2.24) is 29.8 Å². The summed E-state index contributed by atoms with van der Waals surface area (Å²) in [4.78, 5) is 53.5. The Hall–Kier alpha value is -3.82. The van der Waals surface area contributed by atoms with E-state index in [1.54, 1.807) is 61.6 Å². The largest absolute Gasteiger partial charge is 0.395 e. The standard InChI is InChI=1S/C27H41N9O5.ClH/c1-32(2)8-6-9-33(3)25(39)23-14-20(17-30-23)35(5)26(40)24-15-21(18-31-24)36(34(4)10-12-38)27(41)22-13-19(16-29-22)28-7-11-37;/h13-18,28-31,37-38H,6-12H2,1-5H3;1H. The minimum absolute atomic E-state index is 0. The highest BCUT2D eigenvalue weighted by molar-refractivity contribution is 6.08. The molecular weight excluding hydrogens is 566 g/mol. The van der Waals surface area contributed by atoms with E-state index < -0.39 is 5.91 Å². The van der Waals surface area contributed by atoms with Crippen LogP contribution in [0.3, 0.4) is 0 Å². The highest BCUT2D eigenvalue weighted by atomic mass is 35.5. The molecule has 0 aliphatic rings. The lowest BCUT2D eigenvalue weighted by Crippen LogP contribution is -2.45. The van der Waals surface area contributed by atoms with Crippen LogP contribution >= 0.6 is 12.4 Å². The van der Waals surface area contributed by atoms with Crippen LogP contribution in [0.15, 0.2) is 36.8 Å². The molecular formula is C27H42ClN9O5. The lowest BCUT2D eigenvalue weighted by atomic mass is 10.3. The average Bonchev–Trinajstić information content (AvgIpc) is 3.72. The van der Waals surface area contributed by atoms with E-state index in [9.17, 15) is 19.5 Å². The molecule has 6 N–H and O–H groups in total. The minimum atomic E-state index is -0.409. The number of hydrogen-bond acceptors (Lipinski definition) is 8. The molecule has 0 unspecified atom stereocenters. The van der Waals surface area contributed by atoms with E-state index >= 15 is 0 Å². The average molecular weight is 608 g/mol. The fourth-order valence-electron chi connectivity index (χ4n) is 4.21. The number of halogens is 1. The Kier molecular flexibility index (Phi) is 13.1. The van der Waals surface area contributed by atoms with E-state index in [0.717, 1.165) is 13.0 Å². The predicted molar refractivity (Wildman–Crippen MR) is 165 cm³/mol. The van der Waals surface area contributed by atoms with E-state index in [-0.39, 0.29) is 55.4 Å². The molecule has 14 nitrogen and oxygen atoms in total. The maximum atomic E-state index is 13.4. The Bertz CT molecular complexity index is 1300. The van der Waals surface area contributed by atoms with E-state index in [0.29, 0.717) is 35.8 Å². The zero-order valence-corrected chi connectivity index (χ0v) is 25.5. The van der Waals surface area contributed by atoms with Crippen LogP contribution in [0.2, 0.25) is 0 Å². The summed E-state index contributed by atoms with van der Waals surface area (Å²) in [6.07, 6.45) is 5.59. The molecule has 3 heterocycles. The fourth-order valence-corrected chi connectivity index (χ4v) is 4.21. The second kappa shape index (κ2) is 16.0. The molecule has 3 aromatic heterocycles. The van der Waals surface area contributed by atoms with E-state index in [2.05, 4.69) is 25.2 Å². The van der Waals surface area contributed by atoms with Crippen molar-refractivity contribution in [3.8, 4) is 0 Å². The Morgan fingerprint density at radius 3 is 1.98 bits per heavy atom. The number of anilines is 3. The molecule has 15 heteroatoms. The molecule has 0 saturated heterocycles. The number of hydrazine groups is 1. The van der Waals surface area contributed by atoms with Crippen molar-refractivity contribution in [2.75, 3.05) is 89.9 Å². The van der Waals surface area contributed by atoms with Gasteiger partial charge in [-0.15, -0.1) is 12.4 Å². The van der Waals surface area contributed by atoms with Crippen molar-refractivity contribution < 1.29 is 24.6 Å². The summed E-state index contributed by atoms with van der Waals surface area (Å²) in [6.45, 7) is 1.74. The van der Waals surface area contributed by atoms with Crippen molar-refractivity contribution in [1.29, 1.82) is 0 Å². The SMILES string of the molecule is CN(C)CCCN(C)C(=O)c1cc(N(C)C(=O)c2cc(N(C(=O)c3cc(NCCO)c[nH]3)N(C)CCO)c[nH]2)c[nH]1.Cl. The summed E-state index contributed by atoms with van der Waals surface area (Å²) >= 11 is 0. The summed E-state index contributed by atoms with van der Waals surface area (Å²) in [6, 6.07) is 4.80. The Morgan fingerprint density at radius 2 is 1.33 bits per heavy atom. The van der Waals surface area contributed by atoms with Gasteiger partial charge in [0.25, 0.3) is 17.7 Å². The fraction of sp³-hybridized carbons (Fsp3) is 0.444. The van der Waals surface area contributed by atoms with Gasteiger partial charge in [-0.3, -0.25) is 14.4 Å². The van der Waals surface area contributed by atoms with Gasteiger partial charge in [0.05, 0.1) is 30.3 Å². The van der Waals surface area contributed by atoms with Crippen molar-refractivity contribution in [3.05, 3.63) is 53.9 Å². The van der Waals surface area contributed by atoms with Gasteiger partial charge in [0.15, 0.2) is 0 Å². The number of rotatable bonds is 15. The van der Waals surface area contributed by atoms with Crippen LogP contribution < -0.4 is 15.2 Å². The van der Waals surface area contributed by atoms with Gasteiger partial charge in [0.2, 0.25) is 0 Å². The second-order valence-corrected chi connectivity index (χ2v) is 9.97. The zero-order chi connectivity index (χ0) is 30.1. The molecule has 0 aromatic carbocycles. The first-order valence-corrected chi connectivity index (χ1v) is 13.3. The van der Waals surface area contributed by atoms with Crippen molar-refractivity contribution >= 4 is 47.2 Å². The third-order valence-corrected chi connectivity index (χ3v) is 6.49. The van der Waals surface area contributed by atoms with Crippen LogP contribution in [0, 0.1) is 0 Å². The Morgan fingerprint density at radius 1 is 0.738 bits per heavy atom. The number of amides is 3. The lowest BCUT2D eigenvalue weighted by Gasteiger charge is -2.30. The van der Waals surface area contributed by atoms with Crippen LogP contribution in [-0.4, -0.2) is 132 Å². The summed E-state index contributed by atoms with van der Waals surface area (Å²) in [7, 11) is 8.96. The van der Waals surface area contributed by atoms with Gasteiger partial charge in [-0.05, 0) is 45.3 Å². The number of likely N-dealkylation sites (N-methyl/N-ethyl adjacent to an activating group) is 1. The van der Waals surface area contributed by atoms with Crippen molar-refractivity contribution in [3.63, 3.8) is 0 Å². The third-order valence-electron chi connectivity index (χ3n) is 6.49. The van der Waals surface area contributed by atoms with Gasteiger partial charge < -0.3 is 45.2 Å².